The molecule has 0 radical (unpaired) electrons. The van der Waals surface area contributed by atoms with Crippen LogP contribution in [0.25, 0.3) is 11.1 Å². The first-order chi connectivity index (χ1) is 10.6. The van der Waals surface area contributed by atoms with E-state index in [9.17, 15) is 8.42 Å². The van der Waals surface area contributed by atoms with Gasteiger partial charge >= 0.3 is 0 Å². The highest BCUT2D eigenvalue weighted by Gasteiger charge is 2.20. The predicted molar refractivity (Wildman–Crippen MR) is 83.6 cm³/mol. The zero-order chi connectivity index (χ0) is 15.6. The molecule has 1 N–H and O–H groups in total. The molecule has 8 heteroatoms. The van der Waals surface area contributed by atoms with E-state index in [1.165, 1.54) is 12.3 Å². The Hall–Kier alpha value is -2.32. The van der Waals surface area contributed by atoms with Crippen molar-refractivity contribution < 1.29 is 17.7 Å². The van der Waals surface area contributed by atoms with Crippen LogP contribution in [0.4, 0.5) is 5.88 Å². The van der Waals surface area contributed by atoms with Gasteiger partial charge in [0.1, 0.15) is 9.96 Å². The van der Waals surface area contributed by atoms with Crippen molar-refractivity contribution in [2.45, 2.75) is 4.21 Å². The van der Waals surface area contributed by atoms with Gasteiger partial charge in [-0.1, -0.05) is 23.4 Å². The number of benzene rings is 1. The van der Waals surface area contributed by atoms with Crippen molar-refractivity contribution >= 4 is 27.2 Å². The maximum atomic E-state index is 12.2. The number of aromatic nitrogens is 1. The summed E-state index contributed by atoms with van der Waals surface area (Å²) in [7, 11) is -2.09. The molecule has 0 bridgehead atoms. The number of sulfonamides is 1. The summed E-state index contributed by atoms with van der Waals surface area (Å²) in [5.74, 6) is 0.791. The molecule has 0 aliphatic rings. The summed E-state index contributed by atoms with van der Waals surface area (Å²) in [5.41, 5.74) is 1.33. The van der Waals surface area contributed by atoms with E-state index in [1.54, 1.807) is 42.8 Å². The van der Waals surface area contributed by atoms with Gasteiger partial charge in [0.05, 0.1) is 18.9 Å². The molecular weight excluding hydrogens is 324 g/mol. The topological polar surface area (TPSA) is 81.4 Å². The lowest BCUT2D eigenvalue weighted by molar-refractivity contribution is 0.415. The zero-order valence-electron chi connectivity index (χ0n) is 11.5. The van der Waals surface area contributed by atoms with Gasteiger partial charge in [-0.3, -0.25) is 0 Å². The number of methoxy groups -OCH3 is 1. The Morgan fingerprint density at radius 3 is 2.64 bits per heavy atom. The predicted octanol–water partition coefficient (Wildman–Crippen LogP) is 3.21. The monoisotopic (exact) mass is 336 g/mol. The second kappa shape index (κ2) is 5.82. The zero-order valence-corrected chi connectivity index (χ0v) is 13.1. The maximum Gasteiger partial charge on any atom is 0.273 e. The molecule has 0 atom stereocenters. The van der Waals surface area contributed by atoms with Gasteiger partial charge in [0, 0.05) is 0 Å². The molecule has 0 saturated heterocycles. The van der Waals surface area contributed by atoms with Crippen molar-refractivity contribution in [3.63, 3.8) is 0 Å². The third-order valence-electron chi connectivity index (χ3n) is 2.96. The SMILES string of the molecule is COc1ccc(-c2cnoc2NS(=O)(=O)c2cccs2)cc1. The Morgan fingerprint density at radius 2 is 2.00 bits per heavy atom. The summed E-state index contributed by atoms with van der Waals surface area (Å²) in [6, 6.07) is 10.4. The van der Waals surface area contributed by atoms with Gasteiger partial charge in [0.25, 0.3) is 10.0 Å². The molecule has 0 unspecified atom stereocenters. The van der Waals surface area contributed by atoms with Crippen LogP contribution in [0, 0.1) is 0 Å². The number of anilines is 1. The molecule has 0 saturated carbocycles. The molecule has 0 spiro atoms. The van der Waals surface area contributed by atoms with Crippen LogP contribution in [-0.4, -0.2) is 20.7 Å². The van der Waals surface area contributed by atoms with E-state index in [-0.39, 0.29) is 10.1 Å². The van der Waals surface area contributed by atoms with Crippen molar-refractivity contribution in [3.05, 3.63) is 48.0 Å². The Bertz CT molecular complexity index is 853. The molecule has 0 aliphatic carbocycles. The van der Waals surface area contributed by atoms with Crippen LogP contribution in [0.15, 0.2) is 56.7 Å². The number of ether oxygens (including phenoxy) is 1. The highest BCUT2D eigenvalue weighted by atomic mass is 32.2. The summed E-state index contributed by atoms with van der Waals surface area (Å²) in [6.45, 7) is 0. The van der Waals surface area contributed by atoms with Gasteiger partial charge < -0.3 is 9.26 Å². The number of nitrogens with zero attached hydrogens (tertiary/aromatic N) is 1. The van der Waals surface area contributed by atoms with E-state index >= 15 is 0 Å². The van der Waals surface area contributed by atoms with Crippen LogP contribution in [0.1, 0.15) is 0 Å². The molecule has 114 valence electrons. The summed E-state index contributed by atoms with van der Waals surface area (Å²) in [5, 5.41) is 5.37. The van der Waals surface area contributed by atoms with Crippen LogP contribution in [0.5, 0.6) is 5.75 Å². The number of hydrogen-bond donors (Lipinski definition) is 1. The quantitative estimate of drug-likeness (QED) is 0.774. The minimum Gasteiger partial charge on any atom is -0.497 e. The molecule has 22 heavy (non-hydrogen) atoms. The molecule has 2 aromatic heterocycles. The Labute approximate surface area is 131 Å². The van der Waals surface area contributed by atoms with E-state index in [4.69, 9.17) is 9.26 Å². The third kappa shape index (κ3) is 2.83. The standard InChI is InChI=1S/C14H12N2O4S2/c1-19-11-6-4-10(5-7-11)12-9-15-20-14(12)16-22(17,18)13-3-2-8-21-13/h2-9,16H,1H3. The minimum absolute atomic E-state index is 0.0820. The van der Waals surface area contributed by atoms with Gasteiger partial charge in [-0.25, -0.2) is 13.1 Å². The normalized spacial score (nSPS) is 11.3. The fraction of sp³-hybridized carbons (Fsp3) is 0.0714. The van der Waals surface area contributed by atoms with E-state index < -0.39 is 10.0 Å². The van der Waals surface area contributed by atoms with Crippen LogP contribution in [-0.2, 0) is 10.0 Å². The van der Waals surface area contributed by atoms with Crippen LogP contribution >= 0.6 is 11.3 Å². The highest BCUT2D eigenvalue weighted by molar-refractivity contribution is 7.94. The fourth-order valence-electron chi connectivity index (χ4n) is 1.88. The lowest BCUT2D eigenvalue weighted by atomic mass is 10.1. The minimum atomic E-state index is -3.67. The van der Waals surface area contributed by atoms with Gasteiger partial charge in [-0.2, -0.15) is 0 Å². The summed E-state index contributed by atoms with van der Waals surface area (Å²) in [6.07, 6.45) is 1.47. The van der Waals surface area contributed by atoms with Crippen LogP contribution in [0.3, 0.4) is 0 Å². The lowest BCUT2D eigenvalue weighted by Crippen LogP contribution is -2.11. The van der Waals surface area contributed by atoms with Crippen LogP contribution < -0.4 is 9.46 Å². The van der Waals surface area contributed by atoms with Crippen molar-refractivity contribution in [1.29, 1.82) is 0 Å². The lowest BCUT2D eigenvalue weighted by Gasteiger charge is -2.05. The van der Waals surface area contributed by atoms with Crippen molar-refractivity contribution in [3.8, 4) is 16.9 Å². The van der Waals surface area contributed by atoms with Gasteiger partial charge in [0.2, 0.25) is 5.88 Å². The second-order valence-corrected chi connectivity index (χ2v) is 7.19. The van der Waals surface area contributed by atoms with Gasteiger partial charge in [0.15, 0.2) is 0 Å². The molecule has 1 aromatic carbocycles. The van der Waals surface area contributed by atoms with Gasteiger partial charge in [-0.15, -0.1) is 11.3 Å². The average Bonchev–Trinajstić information content (AvgIpc) is 3.18. The Kier molecular flexibility index (Phi) is 3.86. The van der Waals surface area contributed by atoms with Crippen molar-refractivity contribution in [2.75, 3.05) is 11.8 Å². The van der Waals surface area contributed by atoms with E-state index in [2.05, 4.69) is 9.88 Å². The molecule has 0 amide bonds. The fourth-order valence-corrected chi connectivity index (χ4v) is 3.87. The maximum absolute atomic E-state index is 12.2. The molecule has 0 aliphatic heterocycles. The Morgan fingerprint density at radius 1 is 1.23 bits per heavy atom. The number of rotatable bonds is 5. The van der Waals surface area contributed by atoms with E-state index in [1.807, 2.05) is 0 Å². The smallest absolute Gasteiger partial charge is 0.273 e. The molecule has 2 heterocycles. The summed E-state index contributed by atoms with van der Waals surface area (Å²) >= 11 is 1.13. The van der Waals surface area contributed by atoms with Crippen molar-refractivity contribution in [2.24, 2.45) is 0 Å². The van der Waals surface area contributed by atoms with E-state index in [0.29, 0.717) is 11.3 Å². The average molecular weight is 336 g/mol. The third-order valence-corrected chi connectivity index (χ3v) is 5.69. The van der Waals surface area contributed by atoms with Gasteiger partial charge in [-0.05, 0) is 29.1 Å². The number of thiophene rings is 1. The first kappa shape index (κ1) is 14.6. The van der Waals surface area contributed by atoms with E-state index in [0.717, 1.165) is 16.9 Å². The summed E-state index contributed by atoms with van der Waals surface area (Å²) in [4.78, 5) is 0. The van der Waals surface area contributed by atoms with Crippen molar-refractivity contribution in [1.82, 2.24) is 5.16 Å². The Balaban J connectivity index is 1.92. The second-order valence-electron chi connectivity index (χ2n) is 4.33. The first-order valence-corrected chi connectivity index (χ1v) is 8.62. The van der Waals surface area contributed by atoms with Crippen LogP contribution in [0.2, 0.25) is 0 Å². The molecule has 3 rings (SSSR count). The highest BCUT2D eigenvalue weighted by Crippen LogP contribution is 2.31. The molecule has 6 nitrogen and oxygen atoms in total. The molecule has 3 aromatic rings. The number of hydrogen-bond acceptors (Lipinski definition) is 6. The number of nitrogens with one attached hydrogen (secondary N) is 1. The molecule has 0 fully saturated rings. The summed E-state index contributed by atoms with van der Waals surface area (Å²) < 4.78 is 37.2. The largest absolute Gasteiger partial charge is 0.497 e. The first-order valence-electron chi connectivity index (χ1n) is 6.25. The molecular formula is C14H12N2O4S2.